The van der Waals surface area contributed by atoms with E-state index in [2.05, 4.69) is 32.9 Å². The summed E-state index contributed by atoms with van der Waals surface area (Å²) in [6, 6.07) is 0. The molecule has 0 aliphatic carbocycles. The number of hydrogen-bond acceptors (Lipinski definition) is 0. The highest BCUT2D eigenvalue weighted by Crippen LogP contribution is 2.18. The van der Waals surface area contributed by atoms with Crippen molar-refractivity contribution in [3.63, 3.8) is 0 Å². The van der Waals surface area contributed by atoms with Crippen molar-refractivity contribution in [2.24, 2.45) is 0 Å². The second-order valence-electron chi connectivity index (χ2n) is 3.48. The second-order valence-corrected chi connectivity index (χ2v) is 3.48. The van der Waals surface area contributed by atoms with Crippen molar-refractivity contribution in [3.05, 3.63) is 97.7 Å². The SMILES string of the molecule is C=C/C=C(\C)C(=C)/C=C(C=C)/C(C=C)=C/C=C. The van der Waals surface area contributed by atoms with Crippen LogP contribution in [0.1, 0.15) is 6.92 Å². The van der Waals surface area contributed by atoms with Gasteiger partial charge in [0.1, 0.15) is 0 Å². The number of allylic oxidation sites excluding steroid dienone is 11. The van der Waals surface area contributed by atoms with Crippen LogP contribution >= 0.6 is 0 Å². The molecule has 0 heteroatoms. The predicted octanol–water partition coefficient (Wildman–Crippen LogP) is 5.09. The van der Waals surface area contributed by atoms with Gasteiger partial charge in [-0.25, -0.2) is 0 Å². The summed E-state index contributed by atoms with van der Waals surface area (Å²) in [5.74, 6) is 0. The Bertz CT molecular complexity index is 423. The van der Waals surface area contributed by atoms with Crippen LogP contribution < -0.4 is 0 Å². The summed E-state index contributed by atoms with van der Waals surface area (Å²) in [4.78, 5) is 0. The quantitative estimate of drug-likeness (QED) is 0.529. The smallest absolute Gasteiger partial charge is 0.0184 e. The molecule has 0 aliphatic rings. The van der Waals surface area contributed by atoms with Crippen molar-refractivity contribution in [3.8, 4) is 0 Å². The largest absolute Gasteiger partial charge is 0.0991 e. The molecule has 0 aromatic rings. The van der Waals surface area contributed by atoms with Crippen molar-refractivity contribution in [2.75, 3.05) is 0 Å². The molecule has 0 heterocycles. The Balaban J connectivity index is 5.33. The fourth-order valence-corrected chi connectivity index (χ4v) is 1.25. The highest BCUT2D eigenvalue weighted by Gasteiger charge is 1.99. The molecule has 0 atom stereocenters. The average molecular weight is 224 g/mol. The van der Waals surface area contributed by atoms with Gasteiger partial charge in [0, 0.05) is 0 Å². The van der Waals surface area contributed by atoms with Crippen molar-refractivity contribution < 1.29 is 0 Å². The maximum Gasteiger partial charge on any atom is -0.0184 e. The maximum atomic E-state index is 4.01. The lowest BCUT2D eigenvalue weighted by Gasteiger charge is -2.05. The molecular weight excluding hydrogens is 204 g/mol. The van der Waals surface area contributed by atoms with Gasteiger partial charge in [0.05, 0.1) is 0 Å². The summed E-state index contributed by atoms with van der Waals surface area (Å²) in [5, 5.41) is 0. The van der Waals surface area contributed by atoms with Gasteiger partial charge < -0.3 is 0 Å². The molecule has 0 N–H and O–H groups in total. The molecule has 0 rings (SSSR count). The normalized spacial score (nSPS) is 12.9. The molecule has 0 radical (unpaired) electrons. The van der Waals surface area contributed by atoms with Crippen LogP contribution in [0.5, 0.6) is 0 Å². The molecule has 0 saturated heterocycles. The zero-order valence-electron chi connectivity index (χ0n) is 10.6. The van der Waals surface area contributed by atoms with E-state index in [9.17, 15) is 0 Å². The van der Waals surface area contributed by atoms with E-state index in [1.165, 1.54) is 0 Å². The van der Waals surface area contributed by atoms with Crippen molar-refractivity contribution in [2.45, 2.75) is 6.92 Å². The Labute approximate surface area is 105 Å². The fraction of sp³-hybridized carbons (Fsp3) is 0.0588. The standard InChI is InChI=1S/C17H20/c1-7-11-14(5)15(6)13-17(10-4)16(9-3)12-8-2/h7-13H,1-4,6H2,5H3/b14-11+,16-12+,17-13+. The van der Waals surface area contributed by atoms with Crippen LogP contribution in [0, 0.1) is 0 Å². The van der Waals surface area contributed by atoms with Crippen molar-refractivity contribution in [1.29, 1.82) is 0 Å². The monoisotopic (exact) mass is 224 g/mol. The zero-order valence-corrected chi connectivity index (χ0v) is 10.6. The molecule has 0 unspecified atom stereocenters. The lowest BCUT2D eigenvalue weighted by atomic mass is 10.00. The van der Waals surface area contributed by atoms with Crippen LogP contribution in [-0.4, -0.2) is 0 Å². The van der Waals surface area contributed by atoms with E-state index in [1.807, 2.05) is 25.2 Å². The molecule has 0 bridgehead atoms. The van der Waals surface area contributed by atoms with Gasteiger partial charge in [-0.3, -0.25) is 0 Å². The molecule has 0 aliphatic heterocycles. The van der Waals surface area contributed by atoms with Gasteiger partial charge in [-0.2, -0.15) is 0 Å². The summed E-state index contributed by atoms with van der Waals surface area (Å²) in [7, 11) is 0. The predicted molar refractivity (Wildman–Crippen MR) is 79.9 cm³/mol. The fourth-order valence-electron chi connectivity index (χ4n) is 1.25. The second kappa shape index (κ2) is 8.12. The summed E-state index contributed by atoms with van der Waals surface area (Å²) in [6.45, 7) is 20.9. The molecule has 0 saturated carbocycles. The van der Waals surface area contributed by atoms with Gasteiger partial charge in [0.15, 0.2) is 0 Å². The molecule has 17 heavy (non-hydrogen) atoms. The van der Waals surface area contributed by atoms with E-state index in [1.54, 1.807) is 24.3 Å². The van der Waals surface area contributed by atoms with Crippen molar-refractivity contribution >= 4 is 0 Å². The summed E-state index contributed by atoms with van der Waals surface area (Å²) in [5.41, 5.74) is 3.95. The Hall–Kier alpha value is -2.08. The lowest BCUT2D eigenvalue weighted by molar-refractivity contribution is 1.42. The molecule has 0 fully saturated rings. The van der Waals surface area contributed by atoms with Crippen LogP contribution in [0.15, 0.2) is 97.7 Å². The molecule has 0 amide bonds. The van der Waals surface area contributed by atoms with E-state index in [0.717, 1.165) is 22.3 Å². The molecule has 0 aromatic carbocycles. The van der Waals surface area contributed by atoms with Crippen LogP contribution in [0.2, 0.25) is 0 Å². The topological polar surface area (TPSA) is 0 Å². The minimum Gasteiger partial charge on any atom is -0.0991 e. The Kier molecular flexibility index (Phi) is 7.12. The molecule has 0 aromatic heterocycles. The maximum absolute atomic E-state index is 4.01. The minimum absolute atomic E-state index is 0.927. The summed E-state index contributed by atoms with van der Waals surface area (Å²) < 4.78 is 0. The van der Waals surface area contributed by atoms with Gasteiger partial charge in [0.25, 0.3) is 0 Å². The third kappa shape index (κ3) is 4.98. The summed E-state index contributed by atoms with van der Waals surface area (Å²) >= 11 is 0. The molecule has 0 nitrogen and oxygen atoms in total. The van der Waals surface area contributed by atoms with E-state index in [-0.39, 0.29) is 0 Å². The molecule has 0 spiro atoms. The van der Waals surface area contributed by atoms with Crippen LogP contribution in [-0.2, 0) is 0 Å². The first-order chi connectivity index (χ1) is 8.10. The first-order valence-corrected chi connectivity index (χ1v) is 5.39. The first kappa shape index (κ1) is 14.9. The Morgan fingerprint density at radius 3 is 1.76 bits per heavy atom. The van der Waals surface area contributed by atoms with Crippen LogP contribution in [0.25, 0.3) is 0 Å². The third-order valence-electron chi connectivity index (χ3n) is 2.27. The highest BCUT2D eigenvalue weighted by atomic mass is 14.0. The van der Waals surface area contributed by atoms with E-state index in [4.69, 9.17) is 0 Å². The van der Waals surface area contributed by atoms with Gasteiger partial charge in [0.2, 0.25) is 0 Å². The van der Waals surface area contributed by atoms with E-state index in [0.29, 0.717) is 0 Å². The van der Waals surface area contributed by atoms with Gasteiger partial charge in [-0.1, -0.05) is 69.4 Å². The van der Waals surface area contributed by atoms with Crippen LogP contribution in [0.4, 0.5) is 0 Å². The van der Waals surface area contributed by atoms with Gasteiger partial charge in [-0.05, 0) is 35.3 Å². The van der Waals surface area contributed by atoms with Gasteiger partial charge >= 0.3 is 0 Å². The number of hydrogen-bond donors (Lipinski definition) is 0. The Morgan fingerprint density at radius 2 is 1.35 bits per heavy atom. The molecule has 88 valence electrons. The third-order valence-corrected chi connectivity index (χ3v) is 2.27. The molecular formula is C17H20. The lowest BCUT2D eigenvalue weighted by Crippen LogP contribution is -1.86. The van der Waals surface area contributed by atoms with Crippen molar-refractivity contribution in [1.82, 2.24) is 0 Å². The van der Waals surface area contributed by atoms with E-state index < -0.39 is 0 Å². The van der Waals surface area contributed by atoms with Crippen LogP contribution in [0.3, 0.4) is 0 Å². The minimum atomic E-state index is 0.927. The Morgan fingerprint density at radius 1 is 0.824 bits per heavy atom. The van der Waals surface area contributed by atoms with Gasteiger partial charge in [-0.15, -0.1) is 0 Å². The van der Waals surface area contributed by atoms with E-state index >= 15 is 0 Å². The average Bonchev–Trinajstić information content (AvgIpc) is 2.33. The zero-order chi connectivity index (χ0) is 13.3. The number of rotatable bonds is 7. The highest BCUT2D eigenvalue weighted by molar-refractivity contribution is 5.52. The summed E-state index contributed by atoms with van der Waals surface area (Å²) in [6.07, 6.45) is 12.8. The first-order valence-electron chi connectivity index (χ1n) is 5.39.